The first-order valence-corrected chi connectivity index (χ1v) is 6.80. The highest BCUT2D eigenvalue weighted by atomic mass is 79.9. The molecule has 2 rings (SSSR count). The summed E-state index contributed by atoms with van der Waals surface area (Å²) in [5.41, 5.74) is 0.0599. The molecule has 1 aliphatic rings. The van der Waals surface area contributed by atoms with E-state index < -0.39 is 5.82 Å². The van der Waals surface area contributed by atoms with Crippen LogP contribution in [-0.2, 0) is 0 Å². The predicted molar refractivity (Wildman–Crippen MR) is 69.9 cm³/mol. The zero-order valence-corrected chi connectivity index (χ0v) is 11.5. The van der Waals surface area contributed by atoms with E-state index in [1.54, 1.807) is 17.0 Å². The Hall–Kier alpha value is -0.940. The second kappa shape index (κ2) is 5.80. The molecule has 0 heterocycles. The van der Waals surface area contributed by atoms with Gasteiger partial charge in [0.25, 0.3) is 5.91 Å². The molecule has 1 N–H and O–H groups in total. The van der Waals surface area contributed by atoms with Crippen molar-refractivity contribution in [3.8, 4) is 0 Å². The van der Waals surface area contributed by atoms with Crippen LogP contribution in [0.3, 0.4) is 0 Å². The molecule has 98 valence electrons. The summed E-state index contributed by atoms with van der Waals surface area (Å²) >= 11 is 3.08. The molecule has 1 aromatic rings. The van der Waals surface area contributed by atoms with Crippen molar-refractivity contribution in [2.75, 3.05) is 13.2 Å². The summed E-state index contributed by atoms with van der Waals surface area (Å²) in [6.07, 6.45) is 2.95. The smallest absolute Gasteiger partial charge is 0.257 e. The van der Waals surface area contributed by atoms with Crippen LogP contribution < -0.4 is 0 Å². The number of carbonyl (C=O) groups excluding carboxylic acids is 1. The number of hydrogen-bond donors (Lipinski definition) is 1. The number of halogens is 2. The van der Waals surface area contributed by atoms with Crippen molar-refractivity contribution >= 4 is 21.8 Å². The molecule has 1 saturated carbocycles. The Morgan fingerprint density at radius 1 is 1.50 bits per heavy atom. The molecule has 0 saturated heterocycles. The van der Waals surface area contributed by atoms with Gasteiger partial charge in [-0.25, -0.2) is 4.39 Å². The third kappa shape index (κ3) is 2.57. The summed E-state index contributed by atoms with van der Waals surface area (Å²) in [6.45, 7) is 0.160. The van der Waals surface area contributed by atoms with Crippen LogP contribution in [0.1, 0.15) is 29.6 Å². The second-order valence-electron chi connectivity index (χ2n) is 4.41. The molecule has 0 aliphatic heterocycles. The van der Waals surface area contributed by atoms with E-state index in [1.807, 2.05) is 0 Å². The lowest BCUT2D eigenvalue weighted by molar-refractivity contribution is 0.0521. The van der Waals surface area contributed by atoms with Gasteiger partial charge in [0.05, 0.1) is 16.6 Å². The van der Waals surface area contributed by atoms with Gasteiger partial charge in [0.1, 0.15) is 5.82 Å². The maximum atomic E-state index is 13.9. The van der Waals surface area contributed by atoms with Gasteiger partial charge in [-0.15, -0.1) is 0 Å². The average molecular weight is 316 g/mol. The standard InChI is InChI=1S/C13H15BrFNO2/c14-11-6-2-5-10(12(11)15)13(18)16(7-8-17)9-3-1-4-9/h2,5-6,9,17H,1,3-4,7-8H2. The molecule has 1 aliphatic carbocycles. The van der Waals surface area contributed by atoms with E-state index in [-0.39, 0.29) is 35.1 Å². The minimum absolute atomic E-state index is 0.0599. The van der Waals surface area contributed by atoms with Crippen LogP contribution in [-0.4, -0.2) is 35.1 Å². The Morgan fingerprint density at radius 2 is 2.22 bits per heavy atom. The third-order valence-electron chi connectivity index (χ3n) is 3.30. The van der Waals surface area contributed by atoms with E-state index in [4.69, 9.17) is 5.11 Å². The summed E-state index contributed by atoms with van der Waals surface area (Å²) in [4.78, 5) is 13.9. The van der Waals surface area contributed by atoms with Crippen molar-refractivity contribution in [3.63, 3.8) is 0 Å². The fourth-order valence-electron chi connectivity index (χ4n) is 2.08. The molecule has 0 spiro atoms. The molecule has 0 unspecified atom stereocenters. The molecule has 18 heavy (non-hydrogen) atoms. The quantitative estimate of drug-likeness (QED) is 0.927. The van der Waals surface area contributed by atoms with Gasteiger partial charge in [-0.3, -0.25) is 4.79 Å². The largest absolute Gasteiger partial charge is 0.395 e. The number of carbonyl (C=O) groups is 1. The van der Waals surface area contributed by atoms with Crippen LogP contribution in [0, 0.1) is 5.82 Å². The molecule has 1 amide bonds. The fraction of sp³-hybridized carbons (Fsp3) is 0.462. The lowest BCUT2D eigenvalue weighted by atomic mass is 9.91. The summed E-state index contributed by atoms with van der Waals surface area (Å²) in [7, 11) is 0. The normalized spacial score (nSPS) is 15.3. The van der Waals surface area contributed by atoms with Crippen LogP contribution in [0.5, 0.6) is 0 Å². The van der Waals surface area contributed by atoms with Crippen molar-refractivity contribution in [1.82, 2.24) is 4.90 Å². The third-order valence-corrected chi connectivity index (χ3v) is 3.91. The highest BCUT2D eigenvalue weighted by Gasteiger charge is 2.30. The van der Waals surface area contributed by atoms with Gasteiger partial charge in [-0.1, -0.05) is 6.07 Å². The van der Waals surface area contributed by atoms with Crippen LogP contribution in [0.25, 0.3) is 0 Å². The van der Waals surface area contributed by atoms with E-state index in [1.165, 1.54) is 6.07 Å². The number of aliphatic hydroxyl groups is 1. The first kappa shape index (κ1) is 13.5. The molecular weight excluding hydrogens is 301 g/mol. The van der Waals surface area contributed by atoms with Gasteiger partial charge >= 0.3 is 0 Å². The molecule has 0 atom stereocenters. The van der Waals surface area contributed by atoms with Crippen LogP contribution in [0.2, 0.25) is 0 Å². The highest BCUT2D eigenvalue weighted by Crippen LogP contribution is 2.27. The Kier molecular flexibility index (Phi) is 4.35. The van der Waals surface area contributed by atoms with E-state index in [2.05, 4.69) is 15.9 Å². The highest BCUT2D eigenvalue weighted by molar-refractivity contribution is 9.10. The minimum Gasteiger partial charge on any atom is -0.395 e. The molecule has 0 bridgehead atoms. The first-order valence-electron chi connectivity index (χ1n) is 6.01. The number of aliphatic hydroxyl groups excluding tert-OH is 1. The summed E-state index contributed by atoms with van der Waals surface area (Å²) < 4.78 is 14.2. The van der Waals surface area contributed by atoms with E-state index >= 15 is 0 Å². The van der Waals surface area contributed by atoms with Gasteiger partial charge < -0.3 is 10.0 Å². The van der Waals surface area contributed by atoms with Crippen LogP contribution in [0.15, 0.2) is 22.7 Å². The maximum absolute atomic E-state index is 13.9. The summed E-state index contributed by atoms with van der Waals surface area (Å²) in [5.74, 6) is -0.877. The van der Waals surface area contributed by atoms with E-state index in [9.17, 15) is 9.18 Å². The molecular formula is C13H15BrFNO2. The number of hydrogen-bond acceptors (Lipinski definition) is 2. The van der Waals surface area contributed by atoms with E-state index in [0.29, 0.717) is 0 Å². The Bertz CT molecular complexity index is 449. The van der Waals surface area contributed by atoms with Gasteiger partial charge in [0, 0.05) is 12.6 Å². The Morgan fingerprint density at radius 3 is 2.78 bits per heavy atom. The van der Waals surface area contributed by atoms with Crippen molar-refractivity contribution < 1.29 is 14.3 Å². The van der Waals surface area contributed by atoms with Crippen LogP contribution in [0.4, 0.5) is 4.39 Å². The van der Waals surface area contributed by atoms with Gasteiger partial charge in [0.2, 0.25) is 0 Å². The molecule has 1 aromatic carbocycles. The molecule has 3 nitrogen and oxygen atoms in total. The maximum Gasteiger partial charge on any atom is 0.257 e. The monoisotopic (exact) mass is 315 g/mol. The zero-order chi connectivity index (χ0) is 13.1. The number of rotatable bonds is 4. The summed E-state index contributed by atoms with van der Waals surface area (Å²) in [5, 5.41) is 9.03. The Labute approximate surface area is 114 Å². The number of nitrogens with zero attached hydrogens (tertiary/aromatic N) is 1. The predicted octanol–water partition coefficient (Wildman–Crippen LogP) is 2.58. The molecule has 0 radical (unpaired) electrons. The number of benzene rings is 1. The Balaban J connectivity index is 2.24. The van der Waals surface area contributed by atoms with E-state index in [0.717, 1.165) is 19.3 Å². The second-order valence-corrected chi connectivity index (χ2v) is 5.26. The minimum atomic E-state index is -0.537. The van der Waals surface area contributed by atoms with Crippen molar-refractivity contribution in [2.45, 2.75) is 25.3 Å². The van der Waals surface area contributed by atoms with Gasteiger partial charge in [-0.05, 0) is 47.3 Å². The molecule has 5 heteroatoms. The average Bonchev–Trinajstić information content (AvgIpc) is 2.29. The first-order chi connectivity index (χ1) is 8.65. The molecule has 1 fully saturated rings. The van der Waals surface area contributed by atoms with Crippen LogP contribution >= 0.6 is 15.9 Å². The topological polar surface area (TPSA) is 40.5 Å². The van der Waals surface area contributed by atoms with Gasteiger partial charge in [-0.2, -0.15) is 0 Å². The lowest BCUT2D eigenvalue weighted by Gasteiger charge is -2.37. The molecule has 0 aromatic heterocycles. The van der Waals surface area contributed by atoms with Crippen molar-refractivity contribution in [1.29, 1.82) is 0 Å². The van der Waals surface area contributed by atoms with Crippen molar-refractivity contribution in [2.24, 2.45) is 0 Å². The van der Waals surface area contributed by atoms with Gasteiger partial charge in [0.15, 0.2) is 0 Å². The fourth-order valence-corrected chi connectivity index (χ4v) is 2.45. The summed E-state index contributed by atoms with van der Waals surface area (Å²) in [6, 6.07) is 4.82. The zero-order valence-electron chi connectivity index (χ0n) is 9.90. The van der Waals surface area contributed by atoms with Crippen molar-refractivity contribution in [3.05, 3.63) is 34.1 Å². The lowest BCUT2D eigenvalue weighted by Crippen LogP contribution is -2.45. The SMILES string of the molecule is O=C(c1cccc(Br)c1F)N(CCO)C1CCC1. The number of amides is 1.